The molecule has 0 aliphatic carbocycles. The average Bonchev–Trinajstić information content (AvgIpc) is 1.63. The lowest BCUT2D eigenvalue weighted by Gasteiger charge is -2.01. The molecule has 0 unspecified atom stereocenters. The molecule has 0 rings (SSSR count). The quantitative estimate of drug-likeness (QED) is 0.444. The van der Waals surface area contributed by atoms with Crippen LogP contribution in [0.2, 0.25) is 0 Å². The summed E-state index contributed by atoms with van der Waals surface area (Å²) < 4.78 is 5.02. The number of rotatable bonds is 3. The van der Waals surface area contributed by atoms with Gasteiger partial charge in [-0.2, -0.15) is 0 Å². The molecule has 0 aromatic heterocycles. The van der Waals surface area contributed by atoms with Gasteiger partial charge in [0, 0.05) is 13.3 Å². The van der Waals surface area contributed by atoms with Crippen molar-refractivity contribution in [1.29, 1.82) is 0 Å². The van der Waals surface area contributed by atoms with Gasteiger partial charge in [-0.25, -0.2) is 0 Å². The molecule has 0 radical (unpaired) electrons. The van der Waals surface area contributed by atoms with E-state index in [9.17, 15) is 0 Å². The molecule has 0 N–H and O–H groups in total. The molecule has 0 aromatic rings. The highest BCUT2D eigenvalue weighted by Gasteiger charge is 1.87. The summed E-state index contributed by atoms with van der Waals surface area (Å²) in [6, 6.07) is 0. The summed E-state index contributed by atoms with van der Waals surface area (Å²) >= 11 is 4.70. The van der Waals surface area contributed by atoms with Crippen LogP contribution in [0.3, 0.4) is 0 Å². The van der Waals surface area contributed by atoms with E-state index < -0.39 is 0 Å². The Morgan fingerprint density at radius 2 is 2.11 bits per heavy atom. The molecule has 2 heteroatoms. The molecular weight excluding hydrogens is 132 g/mol. The van der Waals surface area contributed by atoms with Gasteiger partial charge >= 0.3 is 0 Å². The maximum atomic E-state index is 5.02. The summed E-state index contributed by atoms with van der Waals surface area (Å²) in [4.78, 5) is 0. The lowest BCUT2D eigenvalue weighted by atomic mass is 10.3. The molecule has 0 aromatic carbocycles. The molecule has 0 aliphatic rings. The maximum absolute atomic E-state index is 5.02. The number of ether oxygens (including phenoxy) is 1. The third-order valence-corrected chi connectivity index (χ3v) is 0.952. The molecule has 0 saturated heterocycles. The fourth-order valence-electron chi connectivity index (χ4n) is 0.369. The molecule has 0 heterocycles. The Morgan fingerprint density at radius 1 is 1.56 bits per heavy atom. The average molecular weight is 144 g/mol. The van der Waals surface area contributed by atoms with Crippen molar-refractivity contribution < 1.29 is 4.74 Å². The Balaban J connectivity index is 3.10. The molecule has 0 atom stereocenters. The highest BCUT2D eigenvalue weighted by atomic mass is 32.1. The first-order valence-electron chi connectivity index (χ1n) is 2.90. The molecular formula is C7H12OS. The molecule has 0 bridgehead atoms. The zero-order valence-corrected chi connectivity index (χ0v) is 6.75. The molecule has 0 saturated carbocycles. The van der Waals surface area contributed by atoms with Crippen LogP contribution < -0.4 is 0 Å². The zero-order chi connectivity index (χ0) is 7.28. The van der Waals surface area contributed by atoms with Crippen LogP contribution in [0.5, 0.6) is 0 Å². The molecule has 0 amide bonds. The third-order valence-electron chi connectivity index (χ3n) is 0.834. The van der Waals surface area contributed by atoms with Crippen molar-refractivity contribution >= 4 is 17.3 Å². The van der Waals surface area contributed by atoms with Crippen LogP contribution >= 0.6 is 12.2 Å². The van der Waals surface area contributed by atoms with Gasteiger partial charge in [0.1, 0.15) is 0 Å². The fourth-order valence-corrected chi connectivity index (χ4v) is 0.452. The normalized spacial score (nSPS) is 8.67. The van der Waals surface area contributed by atoms with Crippen molar-refractivity contribution in [1.82, 2.24) is 0 Å². The highest BCUT2D eigenvalue weighted by Crippen LogP contribution is 1.95. The van der Waals surface area contributed by atoms with Crippen molar-refractivity contribution in [3.05, 3.63) is 12.2 Å². The summed E-state index contributed by atoms with van der Waals surface area (Å²) in [6.45, 7) is 8.15. The first-order valence-corrected chi connectivity index (χ1v) is 3.31. The summed E-state index contributed by atoms with van der Waals surface area (Å²) in [7, 11) is 0. The largest absolute Gasteiger partial charge is 0.487 e. The van der Waals surface area contributed by atoms with E-state index in [2.05, 4.69) is 6.58 Å². The van der Waals surface area contributed by atoms with E-state index in [1.54, 1.807) is 6.92 Å². The van der Waals surface area contributed by atoms with E-state index in [0.29, 0.717) is 11.7 Å². The van der Waals surface area contributed by atoms with Gasteiger partial charge in [-0.05, 0) is 19.1 Å². The van der Waals surface area contributed by atoms with Gasteiger partial charge in [0.05, 0.1) is 6.61 Å². The predicted octanol–water partition coefficient (Wildman–Crippen LogP) is 2.32. The van der Waals surface area contributed by atoms with Crippen LogP contribution in [-0.2, 0) is 4.74 Å². The minimum Gasteiger partial charge on any atom is -0.487 e. The van der Waals surface area contributed by atoms with Gasteiger partial charge in [-0.3, -0.25) is 0 Å². The SMILES string of the molecule is C=C(C)CCOC(C)=S. The fraction of sp³-hybridized carbons (Fsp3) is 0.571. The topological polar surface area (TPSA) is 9.23 Å². The molecule has 9 heavy (non-hydrogen) atoms. The number of thiocarbonyl (C=S) groups is 1. The van der Waals surface area contributed by atoms with Crippen molar-refractivity contribution in [3.63, 3.8) is 0 Å². The van der Waals surface area contributed by atoms with E-state index in [-0.39, 0.29) is 0 Å². The second-order valence-corrected chi connectivity index (χ2v) is 2.62. The third kappa shape index (κ3) is 7.63. The molecule has 1 nitrogen and oxygen atoms in total. The van der Waals surface area contributed by atoms with Crippen LogP contribution in [0.4, 0.5) is 0 Å². The van der Waals surface area contributed by atoms with Crippen molar-refractivity contribution in [2.75, 3.05) is 6.61 Å². The molecule has 0 spiro atoms. The minimum atomic E-state index is 0.608. The minimum absolute atomic E-state index is 0.608. The summed E-state index contributed by atoms with van der Waals surface area (Å²) in [6.07, 6.45) is 0.897. The molecule has 52 valence electrons. The van der Waals surface area contributed by atoms with Gasteiger partial charge in [0.15, 0.2) is 5.05 Å². The van der Waals surface area contributed by atoms with Gasteiger partial charge in [-0.15, -0.1) is 6.58 Å². The Kier molecular flexibility index (Phi) is 4.32. The Bertz CT molecular complexity index is 104. The monoisotopic (exact) mass is 144 g/mol. The van der Waals surface area contributed by atoms with Crippen LogP contribution in [0.25, 0.3) is 0 Å². The van der Waals surface area contributed by atoms with E-state index in [0.717, 1.165) is 12.0 Å². The second-order valence-electron chi connectivity index (χ2n) is 2.05. The van der Waals surface area contributed by atoms with Crippen LogP contribution in [0.1, 0.15) is 20.3 Å². The van der Waals surface area contributed by atoms with Crippen LogP contribution in [0, 0.1) is 0 Å². The van der Waals surface area contributed by atoms with E-state index in [1.807, 2.05) is 6.92 Å². The van der Waals surface area contributed by atoms with Crippen molar-refractivity contribution in [2.45, 2.75) is 20.3 Å². The zero-order valence-electron chi connectivity index (χ0n) is 5.94. The highest BCUT2D eigenvalue weighted by molar-refractivity contribution is 7.80. The van der Waals surface area contributed by atoms with Gasteiger partial charge < -0.3 is 4.74 Å². The van der Waals surface area contributed by atoms with Crippen molar-refractivity contribution in [3.8, 4) is 0 Å². The second kappa shape index (κ2) is 4.50. The summed E-state index contributed by atoms with van der Waals surface area (Å²) in [5.74, 6) is 0. The Hall–Kier alpha value is -0.370. The van der Waals surface area contributed by atoms with Crippen molar-refractivity contribution in [2.24, 2.45) is 0 Å². The van der Waals surface area contributed by atoms with E-state index in [4.69, 9.17) is 17.0 Å². The first kappa shape index (κ1) is 8.63. The van der Waals surface area contributed by atoms with Crippen LogP contribution in [0.15, 0.2) is 12.2 Å². The Morgan fingerprint density at radius 3 is 2.44 bits per heavy atom. The van der Waals surface area contributed by atoms with Gasteiger partial charge in [0.2, 0.25) is 0 Å². The first-order chi connectivity index (χ1) is 4.13. The predicted molar refractivity (Wildman–Crippen MR) is 43.7 cm³/mol. The molecule has 0 aliphatic heterocycles. The lowest BCUT2D eigenvalue weighted by Crippen LogP contribution is -1.97. The maximum Gasteiger partial charge on any atom is 0.156 e. The lowest BCUT2D eigenvalue weighted by molar-refractivity contribution is 0.315. The van der Waals surface area contributed by atoms with E-state index >= 15 is 0 Å². The van der Waals surface area contributed by atoms with Gasteiger partial charge in [-0.1, -0.05) is 5.57 Å². The standard InChI is InChI=1S/C7H12OS/c1-6(2)4-5-8-7(3)9/h1,4-5H2,2-3H3. The Labute approximate surface area is 61.7 Å². The summed E-state index contributed by atoms with van der Waals surface area (Å²) in [5.41, 5.74) is 1.13. The number of hydrogen-bond acceptors (Lipinski definition) is 2. The van der Waals surface area contributed by atoms with Gasteiger partial charge in [0.25, 0.3) is 0 Å². The number of hydrogen-bond donors (Lipinski definition) is 0. The molecule has 0 fully saturated rings. The van der Waals surface area contributed by atoms with E-state index in [1.165, 1.54) is 0 Å². The van der Waals surface area contributed by atoms with Crippen LogP contribution in [-0.4, -0.2) is 11.7 Å². The smallest absolute Gasteiger partial charge is 0.156 e. The summed E-state index contributed by atoms with van der Waals surface area (Å²) in [5, 5.41) is 0.608.